The molecule has 0 radical (unpaired) electrons. The van der Waals surface area contributed by atoms with E-state index in [0.29, 0.717) is 4.99 Å². The Morgan fingerprint density at radius 3 is 2.58 bits per heavy atom. The third-order valence-corrected chi connectivity index (χ3v) is 3.44. The molecule has 0 atom stereocenters. The van der Waals surface area contributed by atoms with Gasteiger partial charge in [-0.1, -0.05) is 12.2 Å². The van der Waals surface area contributed by atoms with Crippen LogP contribution in [0.25, 0.3) is 0 Å². The van der Waals surface area contributed by atoms with Gasteiger partial charge in [-0.3, -0.25) is 4.98 Å². The Labute approximate surface area is 126 Å². The number of nitrogens with two attached hydrogens (primary N) is 1. The summed E-state index contributed by atoms with van der Waals surface area (Å²) in [6.45, 7) is 0.791. The first kappa shape index (κ1) is 14.0. The summed E-state index contributed by atoms with van der Waals surface area (Å²) in [4.78, 5) is 6.73. The molecule has 0 amide bonds. The normalized spacial score (nSPS) is 10.2. The maximum absolute atomic E-state index is 5.58. The van der Waals surface area contributed by atoms with E-state index >= 15 is 0 Å². The van der Waals surface area contributed by atoms with Gasteiger partial charge in [-0.25, -0.2) is 0 Å². The number of nitrogens with zero attached hydrogens (tertiary/aromatic N) is 2. The van der Waals surface area contributed by atoms with Crippen LogP contribution in [0, 0.1) is 0 Å². The maximum Gasteiger partial charge on any atom is 0.103 e. The Hall–Kier alpha value is -1.46. The van der Waals surface area contributed by atoms with Crippen molar-refractivity contribution in [3.05, 3.63) is 58.3 Å². The van der Waals surface area contributed by atoms with Crippen LogP contribution in [0.4, 0.5) is 5.69 Å². The quantitative estimate of drug-likeness (QED) is 0.871. The minimum Gasteiger partial charge on any atom is -0.389 e. The lowest BCUT2D eigenvalue weighted by Crippen LogP contribution is -2.17. The molecule has 1 heterocycles. The summed E-state index contributed by atoms with van der Waals surface area (Å²) in [7, 11) is 2.04. The fourth-order valence-corrected chi connectivity index (χ4v) is 2.34. The molecule has 5 heteroatoms. The predicted molar refractivity (Wildman–Crippen MR) is 86.4 cm³/mol. The van der Waals surface area contributed by atoms with Crippen molar-refractivity contribution in [3.8, 4) is 0 Å². The van der Waals surface area contributed by atoms with Gasteiger partial charge in [0.15, 0.2) is 0 Å². The minimum atomic E-state index is 0.422. The van der Waals surface area contributed by atoms with Gasteiger partial charge >= 0.3 is 0 Å². The van der Waals surface area contributed by atoms with E-state index in [1.54, 1.807) is 6.20 Å². The number of anilines is 1. The lowest BCUT2D eigenvalue weighted by atomic mass is 10.2. The fraction of sp³-hybridized carbons (Fsp3) is 0.143. The molecule has 0 aliphatic heterocycles. The van der Waals surface area contributed by atoms with Crippen molar-refractivity contribution in [2.75, 3.05) is 11.9 Å². The lowest BCUT2D eigenvalue weighted by Gasteiger charge is -2.19. The summed E-state index contributed by atoms with van der Waals surface area (Å²) in [5.74, 6) is 0. The molecule has 2 rings (SSSR count). The summed E-state index contributed by atoms with van der Waals surface area (Å²) < 4.78 is 0.988. The van der Waals surface area contributed by atoms with E-state index in [-0.39, 0.29) is 0 Å². The zero-order chi connectivity index (χ0) is 13.8. The van der Waals surface area contributed by atoms with Crippen LogP contribution in [0.15, 0.2) is 47.2 Å². The van der Waals surface area contributed by atoms with Gasteiger partial charge in [0.25, 0.3) is 0 Å². The van der Waals surface area contributed by atoms with Gasteiger partial charge in [-0.15, -0.1) is 0 Å². The van der Waals surface area contributed by atoms with E-state index in [1.165, 1.54) is 0 Å². The van der Waals surface area contributed by atoms with Crippen molar-refractivity contribution in [3.63, 3.8) is 0 Å². The highest BCUT2D eigenvalue weighted by molar-refractivity contribution is 9.10. The van der Waals surface area contributed by atoms with Gasteiger partial charge in [0.1, 0.15) is 4.99 Å². The van der Waals surface area contributed by atoms with Gasteiger partial charge < -0.3 is 10.6 Å². The van der Waals surface area contributed by atoms with Crippen molar-refractivity contribution in [2.24, 2.45) is 5.73 Å². The van der Waals surface area contributed by atoms with Crippen molar-refractivity contribution in [2.45, 2.75) is 6.54 Å². The second-order valence-corrected chi connectivity index (χ2v) is 5.63. The Kier molecular flexibility index (Phi) is 4.50. The molecule has 0 bridgehead atoms. The van der Waals surface area contributed by atoms with E-state index in [2.05, 4.69) is 31.9 Å². The zero-order valence-corrected chi connectivity index (χ0v) is 12.9. The summed E-state index contributed by atoms with van der Waals surface area (Å²) >= 11 is 8.37. The Morgan fingerprint density at radius 2 is 2.00 bits per heavy atom. The second kappa shape index (κ2) is 6.12. The Morgan fingerprint density at radius 1 is 1.32 bits per heavy atom. The van der Waals surface area contributed by atoms with Crippen molar-refractivity contribution in [1.29, 1.82) is 0 Å². The summed E-state index contributed by atoms with van der Waals surface area (Å²) in [6.07, 6.45) is 3.64. The van der Waals surface area contributed by atoms with Crippen LogP contribution in [0.3, 0.4) is 0 Å². The third kappa shape index (κ3) is 3.75. The number of benzene rings is 1. The third-order valence-electron chi connectivity index (χ3n) is 2.77. The molecule has 19 heavy (non-hydrogen) atoms. The predicted octanol–water partition coefficient (Wildman–Crippen LogP) is 3.11. The fourth-order valence-electron chi connectivity index (χ4n) is 1.79. The molecule has 2 N–H and O–H groups in total. The molecule has 0 saturated carbocycles. The number of thiocarbonyl (C=S) groups is 1. The molecule has 0 unspecified atom stereocenters. The molecule has 3 nitrogen and oxygen atoms in total. The van der Waals surface area contributed by atoms with Gasteiger partial charge in [-0.2, -0.15) is 0 Å². The molecular weight excluding hydrogens is 322 g/mol. The maximum atomic E-state index is 5.58. The monoisotopic (exact) mass is 335 g/mol. The first-order valence-corrected chi connectivity index (χ1v) is 6.97. The number of hydrogen-bond acceptors (Lipinski definition) is 3. The second-order valence-electron chi connectivity index (χ2n) is 4.28. The highest BCUT2D eigenvalue weighted by Crippen LogP contribution is 2.17. The van der Waals surface area contributed by atoms with Gasteiger partial charge in [-0.05, 0) is 51.8 Å². The first-order valence-electron chi connectivity index (χ1n) is 5.76. The van der Waals surface area contributed by atoms with E-state index in [0.717, 1.165) is 27.8 Å². The Bertz CT molecular complexity index is 583. The molecule has 98 valence electrons. The van der Waals surface area contributed by atoms with Gasteiger partial charge in [0, 0.05) is 41.7 Å². The standard InChI is InChI=1S/C14H14BrN3S/c1-18(9-10-6-12(15)8-17-7-10)13-4-2-11(3-5-13)14(16)19/h2-8H,9H2,1H3,(H2,16,19). The minimum absolute atomic E-state index is 0.422. The van der Waals surface area contributed by atoms with Crippen LogP contribution in [0.5, 0.6) is 0 Å². The molecular formula is C14H14BrN3S. The van der Waals surface area contributed by atoms with Gasteiger partial charge in [0.05, 0.1) is 0 Å². The van der Waals surface area contributed by atoms with Crippen LogP contribution >= 0.6 is 28.1 Å². The number of pyridine rings is 1. The summed E-state index contributed by atoms with van der Waals surface area (Å²) in [5, 5.41) is 0. The molecule has 0 aliphatic carbocycles. The molecule has 0 aliphatic rings. The molecule has 0 spiro atoms. The van der Waals surface area contributed by atoms with Crippen LogP contribution in [-0.2, 0) is 6.54 Å². The highest BCUT2D eigenvalue weighted by Gasteiger charge is 2.04. The van der Waals surface area contributed by atoms with Crippen LogP contribution < -0.4 is 10.6 Å². The topological polar surface area (TPSA) is 42.2 Å². The highest BCUT2D eigenvalue weighted by atomic mass is 79.9. The van der Waals surface area contributed by atoms with E-state index in [9.17, 15) is 0 Å². The van der Waals surface area contributed by atoms with Crippen molar-refractivity contribution < 1.29 is 0 Å². The van der Waals surface area contributed by atoms with E-state index in [4.69, 9.17) is 18.0 Å². The largest absolute Gasteiger partial charge is 0.389 e. The van der Waals surface area contributed by atoms with Gasteiger partial charge in [0.2, 0.25) is 0 Å². The zero-order valence-electron chi connectivity index (χ0n) is 10.5. The van der Waals surface area contributed by atoms with Crippen LogP contribution in [0.2, 0.25) is 0 Å². The van der Waals surface area contributed by atoms with Crippen molar-refractivity contribution in [1.82, 2.24) is 4.98 Å². The number of aromatic nitrogens is 1. The van der Waals surface area contributed by atoms with E-state index < -0.39 is 0 Å². The molecule has 0 fully saturated rings. The van der Waals surface area contributed by atoms with Crippen LogP contribution in [0.1, 0.15) is 11.1 Å². The molecule has 1 aromatic heterocycles. The summed E-state index contributed by atoms with van der Waals surface area (Å²) in [6, 6.07) is 9.97. The summed E-state index contributed by atoms with van der Waals surface area (Å²) in [5.41, 5.74) is 8.73. The number of rotatable bonds is 4. The molecule has 2 aromatic rings. The molecule has 1 aromatic carbocycles. The van der Waals surface area contributed by atoms with Crippen LogP contribution in [-0.4, -0.2) is 17.0 Å². The first-order chi connectivity index (χ1) is 9.06. The Balaban J connectivity index is 2.11. The van der Waals surface area contributed by atoms with E-state index in [1.807, 2.05) is 37.5 Å². The number of hydrogen-bond donors (Lipinski definition) is 1. The average Bonchev–Trinajstić information content (AvgIpc) is 2.39. The number of halogens is 1. The lowest BCUT2D eigenvalue weighted by molar-refractivity contribution is 0.914. The van der Waals surface area contributed by atoms with Crippen molar-refractivity contribution >= 4 is 38.8 Å². The molecule has 0 saturated heterocycles. The average molecular weight is 336 g/mol. The SMILES string of the molecule is CN(Cc1cncc(Br)c1)c1ccc(C(N)=S)cc1. The smallest absolute Gasteiger partial charge is 0.103 e.